The third-order valence-electron chi connectivity index (χ3n) is 5.90. The van der Waals surface area contributed by atoms with Gasteiger partial charge < -0.3 is 5.32 Å². The number of rotatable bonds is 12. The highest BCUT2D eigenvalue weighted by Crippen LogP contribution is 2.33. The maximum atomic E-state index is 4.34. The van der Waals surface area contributed by atoms with Crippen molar-refractivity contribution in [2.75, 3.05) is 0 Å². The summed E-state index contributed by atoms with van der Waals surface area (Å²) in [6, 6.07) is 0.432. The summed E-state index contributed by atoms with van der Waals surface area (Å²) in [4.78, 5) is 0. The van der Waals surface area contributed by atoms with Gasteiger partial charge in [-0.3, -0.25) is 0 Å². The van der Waals surface area contributed by atoms with Gasteiger partial charge in [0, 0.05) is 11.6 Å². The Labute approximate surface area is 166 Å². The Bertz CT molecular complexity index is 395. The van der Waals surface area contributed by atoms with Crippen LogP contribution >= 0.6 is 0 Å². The quantitative estimate of drug-likeness (QED) is 0.349. The van der Waals surface area contributed by atoms with E-state index >= 15 is 0 Å². The van der Waals surface area contributed by atoms with E-state index in [1.165, 1.54) is 44.1 Å². The van der Waals surface area contributed by atoms with Crippen LogP contribution in [0, 0.1) is 23.2 Å². The molecule has 0 aliphatic rings. The van der Waals surface area contributed by atoms with Crippen molar-refractivity contribution >= 4 is 0 Å². The van der Waals surface area contributed by atoms with Gasteiger partial charge in [0.2, 0.25) is 0 Å². The second-order valence-corrected chi connectivity index (χ2v) is 10.7. The van der Waals surface area contributed by atoms with Gasteiger partial charge in [0.1, 0.15) is 0 Å². The molecule has 0 aromatic carbocycles. The molecule has 0 saturated heterocycles. The highest BCUT2D eigenvalue weighted by Gasteiger charge is 2.21. The van der Waals surface area contributed by atoms with Crippen molar-refractivity contribution in [3.05, 3.63) is 24.8 Å². The van der Waals surface area contributed by atoms with Crippen LogP contribution in [0.4, 0.5) is 0 Å². The number of hydrogen-bond donors (Lipinski definition) is 1. The van der Waals surface area contributed by atoms with Gasteiger partial charge >= 0.3 is 0 Å². The summed E-state index contributed by atoms with van der Waals surface area (Å²) < 4.78 is 0. The summed E-state index contributed by atoms with van der Waals surface area (Å²) in [5.74, 6) is 2.24. The zero-order chi connectivity index (χ0) is 20.5. The van der Waals surface area contributed by atoms with Gasteiger partial charge in [0.05, 0.1) is 0 Å². The number of nitrogens with one attached hydrogen (secondary N) is 1. The van der Waals surface area contributed by atoms with Gasteiger partial charge in [0.15, 0.2) is 0 Å². The van der Waals surface area contributed by atoms with Crippen molar-refractivity contribution < 1.29 is 0 Å². The Morgan fingerprint density at radius 3 is 1.69 bits per heavy atom. The van der Waals surface area contributed by atoms with E-state index in [1.807, 2.05) is 0 Å². The van der Waals surface area contributed by atoms with Crippen LogP contribution in [0.25, 0.3) is 0 Å². The lowest BCUT2D eigenvalue weighted by Gasteiger charge is -2.28. The van der Waals surface area contributed by atoms with E-state index in [2.05, 4.69) is 86.9 Å². The van der Waals surface area contributed by atoms with Gasteiger partial charge in [-0.2, -0.15) is 0 Å². The first-order valence-electron chi connectivity index (χ1n) is 10.9. The van der Waals surface area contributed by atoms with Crippen LogP contribution in [0.1, 0.15) is 101 Å². The fraction of sp³-hybridized carbons (Fsp3) is 0.840. The Hall–Kier alpha value is -0.560. The molecule has 26 heavy (non-hydrogen) atoms. The van der Waals surface area contributed by atoms with E-state index in [0.717, 1.165) is 11.8 Å². The predicted molar refractivity (Wildman–Crippen MR) is 121 cm³/mol. The largest absolute Gasteiger partial charge is 0.306 e. The van der Waals surface area contributed by atoms with Crippen LogP contribution < -0.4 is 5.32 Å². The van der Waals surface area contributed by atoms with E-state index < -0.39 is 0 Å². The van der Waals surface area contributed by atoms with Crippen LogP contribution in [0.3, 0.4) is 0 Å². The number of hydrogen-bond acceptors (Lipinski definition) is 1. The highest BCUT2D eigenvalue weighted by molar-refractivity contribution is 5.08. The average molecular weight is 364 g/mol. The third-order valence-corrected chi connectivity index (χ3v) is 5.90. The summed E-state index contributed by atoms with van der Waals surface area (Å²) in [5, 5.41) is 3.65. The fourth-order valence-corrected chi connectivity index (χ4v) is 3.69. The zero-order valence-corrected chi connectivity index (χ0v) is 19.5. The SMILES string of the molecule is C=CC(CCCC(C)C(C)CCCC(C)C(=C)C(C)(C)C)NC(C)(C)C. The van der Waals surface area contributed by atoms with Gasteiger partial charge in [-0.25, -0.2) is 0 Å². The van der Waals surface area contributed by atoms with E-state index in [-0.39, 0.29) is 11.0 Å². The lowest BCUT2D eigenvalue weighted by Crippen LogP contribution is -2.42. The molecule has 0 aromatic heterocycles. The van der Waals surface area contributed by atoms with Gasteiger partial charge in [0.25, 0.3) is 0 Å². The minimum absolute atomic E-state index is 0.158. The molecule has 0 spiro atoms. The summed E-state index contributed by atoms with van der Waals surface area (Å²) in [7, 11) is 0. The number of allylic oxidation sites excluding steroid dienone is 1. The monoisotopic (exact) mass is 363 g/mol. The summed E-state index contributed by atoms with van der Waals surface area (Å²) in [6.07, 6.45) is 9.81. The Morgan fingerprint density at radius 1 is 0.846 bits per heavy atom. The van der Waals surface area contributed by atoms with Crippen LogP contribution in [-0.4, -0.2) is 11.6 Å². The molecule has 1 nitrogen and oxygen atoms in total. The maximum Gasteiger partial charge on any atom is 0.0252 e. The molecule has 0 heterocycles. The highest BCUT2D eigenvalue weighted by atomic mass is 15.0. The Balaban J connectivity index is 4.11. The molecule has 1 N–H and O–H groups in total. The van der Waals surface area contributed by atoms with Crippen LogP contribution in [-0.2, 0) is 0 Å². The minimum Gasteiger partial charge on any atom is -0.306 e. The molecule has 4 atom stereocenters. The second kappa shape index (κ2) is 11.3. The summed E-state index contributed by atoms with van der Waals surface area (Å²) in [5.41, 5.74) is 1.80. The molecule has 0 saturated carbocycles. The van der Waals surface area contributed by atoms with E-state index in [9.17, 15) is 0 Å². The first-order chi connectivity index (χ1) is 11.8. The van der Waals surface area contributed by atoms with Gasteiger partial charge in [-0.15, -0.1) is 6.58 Å². The molecule has 1 heteroatoms. The molecule has 0 aliphatic heterocycles. The molecular formula is C25H49N. The van der Waals surface area contributed by atoms with E-state index in [0.29, 0.717) is 12.0 Å². The Kier molecular flexibility index (Phi) is 11.1. The molecular weight excluding hydrogens is 314 g/mol. The van der Waals surface area contributed by atoms with Crippen molar-refractivity contribution in [3.8, 4) is 0 Å². The van der Waals surface area contributed by atoms with Crippen LogP contribution in [0.2, 0.25) is 0 Å². The minimum atomic E-state index is 0.158. The lowest BCUT2D eigenvalue weighted by atomic mass is 9.78. The topological polar surface area (TPSA) is 12.0 Å². The summed E-state index contributed by atoms with van der Waals surface area (Å²) >= 11 is 0. The Morgan fingerprint density at radius 2 is 1.31 bits per heavy atom. The predicted octanol–water partition coefficient (Wildman–Crippen LogP) is 7.78. The maximum absolute atomic E-state index is 4.34. The third kappa shape index (κ3) is 11.2. The van der Waals surface area contributed by atoms with Crippen LogP contribution in [0.5, 0.6) is 0 Å². The van der Waals surface area contributed by atoms with Crippen molar-refractivity contribution in [2.45, 2.75) is 112 Å². The standard InChI is InChI=1S/C25H49N/c1-12-23(26-25(9,10)11)18-14-16-20(3)19(2)15-13-17-21(4)22(5)24(6,7)8/h12,19-21,23,26H,1,5,13-18H2,2-4,6-11H3. The summed E-state index contributed by atoms with van der Waals surface area (Å²) in [6.45, 7) is 29.1. The first-order valence-corrected chi connectivity index (χ1v) is 10.9. The molecule has 0 amide bonds. The molecule has 0 aliphatic carbocycles. The van der Waals surface area contributed by atoms with Crippen molar-refractivity contribution in [2.24, 2.45) is 23.2 Å². The fourth-order valence-electron chi connectivity index (χ4n) is 3.69. The average Bonchev–Trinajstić information content (AvgIpc) is 2.50. The van der Waals surface area contributed by atoms with Crippen LogP contribution in [0.15, 0.2) is 24.8 Å². The molecule has 0 fully saturated rings. The van der Waals surface area contributed by atoms with Crippen molar-refractivity contribution in [1.29, 1.82) is 0 Å². The first kappa shape index (κ1) is 25.4. The van der Waals surface area contributed by atoms with Crippen molar-refractivity contribution in [3.63, 3.8) is 0 Å². The lowest BCUT2D eigenvalue weighted by molar-refractivity contribution is 0.306. The normalized spacial score (nSPS) is 17.4. The molecule has 0 aromatic rings. The van der Waals surface area contributed by atoms with E-state index in [1.54, 1.807) is 0 Å². The molecule has 4 unspecified atom stereocenters. The second-order valence-electron chi connectivity index (χ2n) is 10.7. The molecule has 0 bridgehead atoms. The smallest absolute Gasteiger partial charge is 0.0252 e. The zero-order valence-electron chi connectivity index (χ0n) is 19.5. The van der Waals surface area contributed by atoms with E-state index in [4.69, 9.17) is 0 Å². The molecule has 154 valence electrons. The van der Waals surface area contributed by atoms with Crippen molar-refractivity contribution in [1.82, 2.24) is 5.32 Å². The molecule has 0 radical (unpaired) electrons. The molecule has 0 rings (SSSR count). The van der Waals surface area contributed by atoms with Gasteiger partial charge in [-0.05, 0) is 56.8 Å². The van der Waals surface area contributed by atoms with Gasteiger partial charge in [-0.1, -0.05) is 85.5 Å².